The molecule has 24 heavy (non-hydrogen) atoms. The second-order valence-corrected chi connectivity index (χ2v) is 7.33. The van der Waals surface area contributed by atoms with Gasteiger partial charge in [0.25, 0.3) is 0 Å². The zero-order valence-electron chi connectivity index (χ0n) is 16.9. The molecule has 0 rings (SSSR count). The van der Waals surface area contributed by atoms with Crippen LogP contribution < -0.4 is 0 Å². The van der Waals surface area contributed by atoms with Gasteiger partial charge in [0.05, 0.1) is 0 Å². The van der Waals surface area contributed by atoms with Crippen LogP contribution in [0.2, 0.25) is 0 Å². The molecule has 0 fully saturated rings. The maximum atomic E-state index is 12.1. The molecule has 0 spiro atoms. The van der Waals surface area contributed by atoms with Crippen LogP contribution in [0.25, 0.3) is 0 Å². The Bertz CT molecular complexity index is 263. The molecule has 144 valence electrons. The van der Waals surface area contributed by atoms with E-state index in [9.17, 15) is 4.79 Å². The third-order valence-corrected chi connectivity index (χ3v) is 4.79. The van der Waals surface area contributed by atoms with Crippen LogP contribution in [0.1, 0.15) is 130 Å². The lowest BCUT2D eigenvalue weighted by Crippen LogP contribution is -2.18. The summed E-state index contributed by atoms with van der Waals surface area (Å²) in [5.74, 6) is 0.0394. The molecule has 0 radical (unpaired) electrons. The molecule has 0 heterocycles. The van der Waals surface area contributed by atoms with Crippen LogP contribution in [0.5, 0.6) is 0 Å². The van der Waals surface area contributed by atoms with Gasteiger partial charge in [0.15, 0.2) is 0 Å². The first kappa shape index (κ1) is 23.5. The van der Waals surface area contributed by atoms with Crippen molar-refractivity contribution >= 4 is 5.97 Å². The summed E-state index contributed by atoms with van der Waals surface area (Å²) in [5, 5.41) is 0. The molecule has 2 nitrogen and oxygen atoms in total. The fourth-order valence-corrected chi connectivity index (χ4v) is 3.15. The van der Waals surface area contributed by atoms with Gasteiger partial charge in [-0.25, -0.2) is 0 Å². The Morgan fingerprint density at radius 3 is 1.58 bits per heavy atom. The van der Waals surface area contributed by atoms with E-state index in [1.54, 1.807) is 0 Å². The van der Waals surface area contributed by atoms with Gasteiger partial charge in [-0.15, -0.1) is 0 Å². The zero-order chi connectivity index (χ0) is 17.9. The smallest absolute Gasteiger partial charge is 0.306 e. The molecule has 0 aromatic carbocycles. The molecule has 0 amide bonds. The minimum atomic E-state index is 0.0394. The van der Waals surface area contributed by atoms with E-state index >= 15 is 0 Å². The number of esters is 1. The minimum absolute atomic E-state index is 0.0394. The molecule has 0 N–H and O–H groups in total. The van der Waals surface area contributed by atoms with Crippen LogP contribution in [0.3, 0.4) is 0 Å². The van der Waals surface area contributed by atoms with Gasteiger partial charge in [-0.2, -0.15) is 0 Å². The normalized spacial score (nSPS) is 12.3. The van der Waals surface area contributed by atoms with Crippen molar-refractivity contribution in [2.75, 3.05) is 0 Å². The summed E-state index contributed by atoms with van der Waals surface area (Å²) in [4.78, 5) is 12.1. The van der Waals surface area contributed by atoms with Crippen LogP contribution >= 0.6 is 0 Å². The highest BCUT2D eigenvalue weighted by Crippen LogP contribution is 2.17. The van der Waals surface area contributed by atoms with Crippen LogP contribution in [-0.2, 0) is 9.53 Å². The topological polar surface area (TPSA) is 26.3 Å². The average molecular weight is 341 g/mol. The molecule has 0 aliphatic rings. The van der Waals surface area contributed by atoms with Crippen molar-refractivity contribution < 1.29 is 9.53 Å². The third-order valence-electron chi connectivity index (χ3n) is 4.79. The quantitative estimate of drug-likeness (QED) is 0.190. The molecule has 1 atom stereocenters. The molecule has 0 aromatic heterocycles. The van der Waals surface area contributed by atoms with Gasteiger partial charge < -0.3 is 4.74 Å². The molecular formula is C22H44O2. The van der Waals surface area contributed by atoms with Crippen molar-refractivity contribution in [2.24, 2.45) is 0 Å². The Labute approximate surface area is 152 Å². The van der Waals surface area contributed by atoms with Crippen LogP contribution in [0.15, 0.2) is 0 Å². The standard InChI is InChI=1S/C22H44O2/c1-4-7-10-13-14-16-19-21(18-15-11-8-5-2)24-22(23)20-17-12-9-6-3/h21H,4-20H2,1-3H3. The number of carbonyl (C=O) groups excluding carboxylic acids is 1. The van der Waals surface area contributed by atoms with Crippen LogP contribution in [0.4, 0.5) is 0 Å². The lowest BCUT2D eigenvalue weighted by atomic mass is 10.0. The summed E-state index contributed by atoms with van der Waals surface area (Å²) < 4.78 is 5.80. The van der Waals surface area contributed by atoms with E-state index in [1.807, 2.05) is 0 Å². The van der Waals surface area contributed by atoms with Crippen LogP contribution in [-0.4, -0.2) is 12.1 Å². The second-order valence-electron chi connectivity index (χ2n) is 7.33. The molecule has 0 aliphatic carbocycles. The van der Waals surface area contributed by atoms with Crippen molar-refractivity contribution in [3.63, 3.8) is 0 Å². The highest BCUT2D eigenvalue weighted by molar-refractivity contribution is 5.69. The molecule has 2 heteroatoms. The van der Waals surface area contributed by atoms with Crippen molar-refractivity contribution in [2.45, 2.75) is 136 Å². The number of ether oxygens (including phenoxy) is 1. The van der Waals surface area contributed by atoms with Crippen molar-refractivity contribution in [1.29, 1.82) is 0 Å². The van der Waals surface area contributed by atoms with Gasteiger partial charge in [-0.3, -0.25) is 4.79 Å². The molecular weight excluding hydrogens is 296 g/mol. The summed E-state index contributed by atoms with van der Waals surface area (Å²) in [6.07, 6.45) is 20.4. The van der Waals surface area contributed by atoms with E-state index in [-0.39, 0.29) is 12.1 Å². The highest BCUT2D eigenvalue weighted by Gasteiger charge is 2.14. The average Bonchev–Trinajstić information content (AvgIpc) is 2.58. The number of unbranched alkanes of at least 4 members (excludes halogenated alkanes) is 11. The highest BCUT2D eigenvalue weighted by atomic mass is 16.5. The monoisotopic (exact) mass is 340 g/mol. The second kappa shape index (κ2) is 18.8. The summed E-state index contributed by atoms with van der Waals surface area (Å²) in [6.45, 7) is 6.70. The molecule has 1 unspecified atom stereocenters. The van der Waals surface area contributed by atoms with Gasteiger partial charge in [0, 0.05) is 6.42 Å². The van der Waals surface area contributed by atoms with E-state index in [1.165, 1.54) is 77.0 Å². The summed E-state index contributed by atoms with van der Waals surface area (Å²) in [7, 11) is 0. The van der Waals surface area contributed by atoms with E-state index in [4.69, 9.17) is 4.74 Å². The first-order valence-corrected chi connectivity index (χ1v) is 10.9. The van der Waals surface area contributed by atoms with Gasteiger partial charge >= 0.3 is 5.97 Å². The van der Waals surface area contributed by atoms with E-state index in [2.05, 4.69) is 20.8 Å². The van der Waals surface area contributed by atoms with Gasteiger partial charge in [0.1, 0.15) is 6.10 Å². The molecule has 0 aromatic rings. The van der Waals surface area contributed by atoms with Crippen molar-refractivity contribution in [3.8, 4) is 0 Å². The lowest BCUT2D eigenvalue weighted by molar-refractivity contribution is -0.150. The Morgan fingerprint density at radius 2 is 1.04 bits per heavy atom. The summed E-state index contributed by atoms with van der Waals surface area (Å²) in [6, 6.07) is 0. The number of rotatable bonds is 18. The largest absolute Gasteiger partial charge is 0.462 e. The summed E-state index contributed by atoms with van der Waals surface area (Å²) >= 11 is 0. The number of carbonyl (C=O) groups is 1. The van der Waals surface area contributed by atoms with Gasteiger partial charge in [-0.1, -0.05) is 91.4 Å². The van der Waals surface area contributed by atoms with E-state index in [0.29, 0.717) is 6.42 Å². The fourth-order valence-electron chi connectivity index (χ4n) is 3.15. The van der Waals surface area contributed by atoms with E-state index < -0.39 is 0 Å². The molecule has 0 saturated heterocycles. The zero-order valence-corrected chi connectivity index (χ0v) is 16.9. The number of hydrogen-bond donors (Lipinski definition) is 0. The van der Waals surface area contributed by atoms with E-state index in [0.717, 1.165) is 25.7 Å². The Kier molecular flexibility index (Phi) is 18.4. The lowest BCUT2D eigenvalue weighted by Gasteiger charge is -2.18. The molecule has 0 saturated carbocycles. The first-order chi connectivity index (χ1) is 11.7. The maximum absolute atomic E-state index is 12.1. The minimum Gasteiger partial charge on any atom is -0.462 e. The van der Waals surface area contributed by atoms with Crippen molar-refractivity contribution in [3.05, 3.63) is 0 Å². The third kappa shape index (κ3) is 16.3. The predicted molar refractivity (Wildman–Crippen MR) is 105 cm³/mol. The Balaban J connectivity index is 3.95. The van der Waals surface area contributed by atoms with Gasteiger partial charge in [-0.05, 0) is 32.1 Å². The predicted octanol–water partition coefficient (Wildman–Crippen LogP) is 7.59. The molecule has 0 bridgehead atoms. The van der Waals surface area contributed by atoms with Crippen molar-refractivity contribution in [1.82, 2.24) is 0 Å². The molecule has 0 aliphatic heterocycles. The Morgan fingerprint density at radius 1 is 0.625 bits per heavy atom. The van der Waals surface area contributed by atoms with Gasteiger partial charge in [0.2, 0.25) is 0 Å². The fraction of sp³-hybridized carbons (Fsp3) is 0.955. The number of hydrogen-bond acceptors (Lipinski definition) is 2. The Hall–Kier alpha value is -0.530. The first-order valence-electron chi connectivity index (χ1n) is 10.9. The summed E-state index contributed by atoms with van der Waals surface area (Å²) in [5.41, 5.74) is 0. The van der Waals surface area contributed by atoms with Crippen LogP contribution in [0, 0.1) is 0 Å². The maximum Gasteiger partial charge on any atom is 0.306 e. The SMILES string of the molecule is CCCCCCCCC(CCCCCC)OC(=O)CCCCCC.